The molecule has 3 rings (SSSR count). The van der Waals surface area contributed by atoms with Crippen molar-refractivity contribution in [3.05, 3.63) is 35.6 Å². The zero-order chi connectivity index (χ0) is 11.1. The van der Waals surface area contributed by atoms with Crippen molar-refractivity contribution >= 4 is 21.7 Å². The van der Waals surface area contributed by atoms with Crippen molar-refractivity contribution < 1.29 is 0 Å². The second-order valence-corrected chi connectivity index (χ2v) is 4.31. The molecule has 0 N–H and O–H groups in total. The molecule has 0 bridgehead atoms. The molecule has 0 aliphatic heterocycles. The fourth-order valence-electron chi connectivity index (χ4n) is 1.56. The molecule has 0 amide bonds. The van der Waals surface area contributed by atoms with Crippen LogP contribution in [-0.4, -0.2) is 24.1 Å². The van der Waals surface area contributed by atoms with E-state index < -0.39 is 0 Å². The minimum Gasteiger partial charge on any atom is -0.277 e. The van der Waals surface area contributed by atoms with Crippen molar-refractivity contribution in [3.63, 3.8) is 0 Å². The first-order valence-electron chi connectivity index (χ1n) is 4.71. The second kappa shape index (κ2) is 3.41. The van der Waals surface area contributed by atoms with Crippen LogP contribution in [0.5, 0.6) is 0 Å². The fourth-order valence-corrected chi connectivity index (χ4v) is 1.93. The molecule has 0 radical (unpaired) electrons. The molecule has 3 heterocycles. The first-order valence-corrected chi connectivity index (χ1v) is 5.51. The van der Waals surface area contributed by atoms with Gasteiger partial charge in [0.2, 0.25) is 5.78 Å². The van der Waals surface area contributed by atoms with Gasteiger partial charge in [0.1, 0.15) is 4.60 Å². The minimum atomic E-state index is 0.680. The molecule has 0 fully saturated rings. The first kappa shape index (κ1) is 9.53. The molecule has 3 aromatic heterocycles. The Morgan fingerprint density at radius 2 is 1.81 bits per heavy atom. The molecule has 6 heteroatoms. The lowest BCUT2D eigenvalue weighted by Crippen LogP contribution is -1.90. The van der Waals surface area contributed by atoms with Crippen molar-refractivity contribution in [2.75, 3.05) is 0 Å². The van der Waals surface area contributed by atoms with Crippen LogP contribution < -0.4 is 0 Å². The van der Waals surface area contributed by atoms with Gasteiger partial charge in [-0.25, -0.2) is 9.97 Å². The summed E-state index contributed by atoms with van der Waals surface area (Å²) in [4.78, 5) is 8.41. The van der Waals surface area contributed by atoms with E-state index in [1.54, 1.807) is 17.1 Å². The maximum Gasteiger partial charge on any atom is 0.234 e. The van der Waals surface area contributed by atoms with Crippen LogP contribution in [-0.2, 0) is 7.05 Å². The lowest BCUT2D eigenvalue weighted by Gasteiger charge is -1.98. The van der Waals surface area contributed by atoms with Crippen LogP contribution >= 0.6 is 15.9 Å². The van der Waals surface area contributed by atoms with Gasteiger partial charge in [-0.3, -0.25) is 9.08 Å². The van der Waals surface area contributed by atoms with Gasteiger partial charge in [0, 0.05) is 36.8 Å². The van der Waals surface area contributed by atoms with Crippen LogP contribution in [0.4, 0.5) is 0 Å². The number of fused-ring (bicyclic) bond motifs is 1. The highest BCUT2D eigenvalue weighted by molar-refractivity contribution is 9.10. The van der Waals surface area contributed by atoms with Crippen molar-refractivity contribution in [2.45, 2.75) is 0 Å². The van der Waals surface area contributed by atoms with Gasteiger partial charge in [-0.05, 0) is 15.9 Å². The van der Waals surface area contributed by atoms with Crippen LogP contribution in [0.2, 0.25) is 0 Å². The third-order valence-electron chi connectivity index (χ3n) is 2.36. The number of nitrogens with zero attached hydrogens (tertiary/aromatic N) is 5. The molecule has 0 aromatic carbocycles. The molecule has 0 saturated heterocycles. The number of aryl methyl sites for hydroxylation is 1. The van der Waals surface area contributed by atoms with E-state index in [-0.39, 0.29) is 0 Å². The standard InChI is InChI=1S/C10H8BrN5/c1-15-5-8(3-14-15)7-2-12-10-13-4-9(11)16(10)6-7/h2-6H,1H3. The number of hydrogen-bond donors (Lipinski definition) is 0. The molecular weight excluding hydrogens is 270 g/mol. The molecule has 5 nitrogen and oxygen atoms in total. The van der Waals surface area contributed by atoms with E-state index in [9.17, 15) is 0 Å². The van der Waals surface area contributed by atoms with Crippen LogP contribution in [0.1, 0.15) is 0 Å². The van der Waals surface area contributed by atoms with Crippen LogP contribution in [0.25, 0.3) is 16.9 Å². The first-order chi connectivity index (χ1) is 7.74. The van der Waals surface area contributed by atoms with E-state index in [4.69, 9.17) is 0 Å². The van der Waals surface area contributed by atoms with Gasteiger partial charge < -0.3 is 0 Å². The molecule has 0 atom stereocenters. The predicted molar refractivity (Wildman–Crippen MR) is 62.9 cm³/mol. The summed E-state index contributed by atoms with van der Waals surface area (Å²) in [5.74, 6) is 0.680. The fraction of sp³-hybridized carbons (Fsp3) is 0.100. The summed E-state index contributed by atoms with van der Waals surface area (Å²) >= 11 is 3.42. The molecule has 0 saturated carbocycles. The van der Waals surface area contributed by atoms with Gasteiger partial charge in [-0.2, -0.15) is 5.10 Å². The average Bonchev–Trinajstić information content (AvgIpc) is 2.86. The van der Waals surface area contributed by atoms with Crippen molar-refractivity contribution in [3.8, 4) is 11.1 Å². The quantitative estimate of drug-likeness (QED) is 0.683. The van der Waals surface area contributed by atoms with E-state index in [1.807, 2.05) is 30.0 Å². The van der Waals surface area contributed by atoms with Gasteiger partial charge in [-0.1, -0.05) is 0 Å². The molecule has 0 unspecified atom stereocenters. The normalized spacial score (nSPS) is 11.1. The summed E-state index contributed by atoms with van der Waals surface area (Å²) in [6.07, 6.45) is 9.28. The van der Waals surface area contributed by atoms with Crippen LogP contribution in [0, 0.1) is 0 Å². The number of imidazole rings is 1. The molecular formula is C10H8BrN5. The number of hydrogen-bond acceptors (Lipinski definition) is 3. The van der Waals surface area contributed by atoms with E-state index in [1.165, 1.54) is 0 Å². The second-order valence-electron chi connectivity index (χ2n) is 3.50. The third kappa shape index (κ3) is 1.42. The Labute approximate surface area is 99.9 Å². The van der Waals surface area contributed by atoms with Crippen molar-refractivity contribution in [1.82, 2.24) is 24.1 Å². The maximum atomic E-state index is 4.27. The molecule has 16 heavy (non-hydrogen) atoms. The summed E-state index contributed by atoms with van der Waals surface area (Å²) in [6.45, 7) is 0. The third-order valence-corrected chi connectivity index (χ3v) is 2.94. The Balaban J connectivity index is 2.21. The van der Waals surface area contributed by atoms with E-state index in [0.717, 1.165) is 15.7 Å². The molecule has 0 spiro atoms. The van der Waals surface area contributed by atoms with Gasteiger partial charge in [0.15, 0.2) is 0 Å². The Hall–Kier alpha value is -1.69. The Bertz CT molecular complexity index is 654. The SMILES string of the molecule is Cn1cc(-c2cnc3ncc(Br)n3c2)cn1. The Morgan fingerprint density at radius 3 is 2.56 bits per heavy atom. The Kier molecular flexibility index (Phi) is 2.03. The lowest BCUT2D eigenvalue weighted by atomic mass is 10.2. The summed E-state index contributed by atoms with van der Waals surface area (Å²) in [5, 5.41) is 4.14. The molecule has 0 aliphatic rings. The van der Waals surface area contributed by atoms with Gasteiger partial charge in [-0.15, -0.1) is 0 Å². The molecule has 80 valence electrons. The Morgan fingerprint density at radius 1 is 1.06 bits per heavy atom. The van der Waals surface area contributed by atoms with Crippen molar-refractivity contribution in [1.29, 1.82) is 0 Å². The number of halogens is 1. The number of aromatic nitrogens is 5. The van der Waals surface area contributed by atoms with Gasteiger partial charge >= 0.3 is 0 Å². The zero-order valence-corrected chi connectivity index (χ0v) is 10.1. The average molecular weight is 278 g/mol. The molecule has 3 aromatic rings. The topological polar surface area (TPSA) is 48.0 Å². The maximum absolute atomic E-state index is 4.27. The van der Waals surface area contributed by atoms with Crippen LogP contribution in [0.15, 0.2) is 35.6 Å². The monoisotopic (exact) mass is 277 g/mol. The lowest BCUT2D eigenvalue weighted by molar-refractivity contribution is 0.768. The predicted octanol–water partition coefficient (Wildman–Crippen LogP) is 1.89. The van der Waals surface area contributed by atoms with Crippen molar-refractivity contribution in [2.24, 2.45) is 7.05 Å². The summed E-state index contributed by atoms with van der Waals surface area (Å²) in [5.41, 5.74) is 2.05. The van der Waals surface area contributed by atoms with E-state index >= 15 is 0 Å². The van der Waals surface area contributed by atoms with Gasteiger partial charge in [0.05, 0.1) is 12.4 Å². The highest BCUT2D eigenvalue weighted by atomic mass is 79.9. The highest BCUT2D eigenvalue weighted by Crippen LogP contribution is 2.19. The smallest absolute Gasteiger partial charge is 0.234 e. The summed E-state index contributed by atoms with van der Waals surface area (Å²) in [6, 6.07) is 0. The largest absolute Gasteiger partial charge is 0.277 e. The number of rotatable bonds is 1. The van der Waals surface area contributed by atoms with E-state index in [0.29, 0.717) is 5.78 Å². The van der Waals surface area contributed by atoms with E-state index in [2.05, 4.69) is 31.0 Å². The zero-order valence-electron chi connectivity index (χ0n) is 8.50. The summed E-state index contributed by atoms with van der Waals surface area (Å²) in [7, 11) is 1.89. The minimum absolute atomic E-state index is 0.680. The molecule has 0 aliphatic carbocycles. The van der Waals surface area contributed by atoms with Gasteiger partial charge in [0.25, 0.3) is 0 Å². The highest BCUT2D eigenvalue weighted by Gasteiger charge is 2.05. The summed E-state index contributed by atoms with van der Waals surface area (Å²) < 4.78 is 4.55. The van der Waals surface area contributed by atoms with Crippen LogP contribution in [0.3, 0.4) is 0 Å².